The summed E-state index contributed by atoms with van der Waals surface area (Å²) >= 11 is 3.14. The lowest BCUT2D eigenvalue weighted by Gasteiger charge is -2.13. The summed E-state index contributed by atoms with van der Waals surface area (Å²) in [6, 6.07) is 16.8. The molecule has 0 aliphatic heterocycles. The minimum atomic E-state index is -0.357. The quantitative estimate of drug-likeness (QED) is 0.206. The smallest absolute Gasteiger partial charge is 0.334 e. The molecule has 4 nitrogen and oxygen atoms in total. The fraction of sp³-hybridized carbons (Fsp3) is 0.308. The first-order valence-corrected chi connectivity index (χ1v) is 12.4. The Hall–Kier alpha value is -2.44. The van der Waals surface area contributed by atoms with Crippen molar-refractivity contribution in [2.75, 3.05) is 0 Å². The molecular formula is C26H30O4S2. The Morgan fingerprint density at radius 2 is 1.03 bits per heavy atom. The molecule has 0 aliphatic rings. The van der Waals surface area contributed by atoms with Crippen molar-refractivity contribution in [2.45, 2.75) is 50.1 Å². The summed E-state index contributed by atoms with van der Waals surface area (Å²) in [6.45, 7) is 14.2. The molecule has 170 valence electrons. The maximum atomic E-state index is 11.6. The van der Waals surface area contributed by atoms with E-state index in [0.717, 1.165) is 22.6 Å². The van der Waals surface area contributed by atoms with E-state index in [4.69, 9.17) is 9.47 Å². The highest BCUT2D eigenvalue weighted by atomic mass is 32.2. The Morgan fingerprint density at radius 3 is 1.31 bits per heavy atom. The van der Waals surface area contributed by atoms with Crippen LogP contribution in [0.15, 0.2) is 72.8 Å². The largest absolute Gasteiger partial charge is 0.448 e. The first kappa shape index (κ1) is 25.8. The summed E-state index contributed by atoms with van der Waals surface area (Å²) in [4.78, 5) is 23.1. The highest BCUT2D eigenvalue weighted by molar-refractivity contribution is 7.99. The molecule has 2 aromatic carbocycles. The van der Waals surface area contributed by atoms with Crippen LogP contribution in [-0.2, 0) is 30.6 Å². The van der Waals surface area contributed by atoms with Crippen molar-refractivity contribution in [2.24, 2.45) is 0 Å². The Bertz CT molecular complexity index is 869. The molecule has 2 aromatic rings. The summed E-state index contributed by atoms with van der Waals surface area (Å²) in [6.07, 6.45) is 0. The van der Waals surface area contributed by atoms with Gasteiger partial charge in [0.2, 0.25) is 0 Å². The monoisotopic (exact) mass is 470 g/mol. The molecule has 0 saturated heterocycles. The summed E-state index contributed by atoms with van der Waals surface area (Å²) in [5, 5.41) is 0. The van der Waals surface area contributed by atoms with Gasteiger partial charge in [-0.1, -0.05) is 61.7 Å². The van der Waals surface area contributed by atoms with E-state index in [2.05, 4.69) is 61.7 Å². The van der Waals surface area contributed by atoms with E-state index in [9.17, 15) is 9.59 Å². The van der Waals surface area contributed by atoms with Gasteiger partial charge in [0.15, 0.2) is 0 Å². The van der Waals surface area contributed by atoms with Crippen LogP contribution < -0.4 is 0 Å². The lowest BCUT2D eigenvalue weighted by Crippen LogP contribution is -2.12. The van der Waals surface area contributed by atoms with Crippen molar-refractivity contribution in [3.63, 3.8) is 0 Å². The Balaban J connectivity index is 1.85. The number of carbonyl (C=O) groups is 2. The van der Waals surface area contributed by atoms with Crippen LogP contribution in [0, 0.1) is 0 Å². The van der Waals surface area contributed by atoms with Crippen molar-refractivity contribution in [1.29, 1.82) is 0 Å². The van der Waals surface area contributed by atoms with Gasteiger partial charge in [0.1, 0.15) is 10.9 Å². The molecule has 0 N–H and O–H groups in total. The maximum Gasteiger partial charge on any atom is 0.334 e. The average Bonchev–Trinajstić information content (AvgIpc) is 2.76. The molecule has 0 amide bonds. The SMILES string of the molecule is C=C(C)C(=O)OC(C)SCc1ccc(-c2ccc(CSC(C)OC(=O)C(=C)C)cc2)cc1. The minimum Gasteiger partial charge on any atom is -0.448 e. The Morgan fingerprint density at radius 1 is 0.719 bits per heavy atom. The summed E-state index contributed by atoms with van der Waals surface area (Å²) in [7, 11) is 0. The second-order valence-corrected chi connectivity index (χ2v) is 10.1. The third-order valence-electron chi connectivity index (χ3n) is 4.45. The van der Waals surface area contributed by atoms with E-state index in [1.165, 1.54) is 11.1 Å². The zero-order valence-electron chi connectivity index (χ0n) is 19.1. The van der Waals surface area contributed by atoms with Gasteiger partial charge < -0.3 is 9.47 Å². The molecule has 32 heavy (non-hydrogen) atoms. The zero-order valence-corrected chi connectivity index (χ0v) is 20.7. The Kier molecular flexibility index (Phi) is 10.1. The summed E-state index contributed by atoms with van der Waals surface area (Å²) in [5.41, 5.74) is 4.99. The van der Waals surface area contributed by atoms with E-state index in [0.29, 0.717) is 11.1 Å². The van der Waals surface area contributed by atoms with Crippen LogP contribution in [0.2, 0.25) is 0 Å². The molecule has 0 aliphatic carbocycles. The minimum absolute atomic E-state index is 0.226. The third kappa shape index (κ3) is 8.60. The van der Waals surface area contributed by atoms with Crippen LogP contribution in [0.5, 0.6) is 0 Å². The van der Waals surface area contributed by atoms with Crippen molar-refractivity contribution in [3.05, 3.63) is 84.0 Å². The number of rotatable bonds is 11. The van der Waals surface area contributed by atoms with Crippen LogP contribution in [0.1, 0.15) is 38.8 Å². The second-order valence-electron chi connectivity index (χ2n) is 7.52. The number of hydrogen-bond donors (Lipinski definition) is 0. The van der Waals surface area contributed by atoms with Gasteiger partial charge >= 0.3 is 11.9 Å². The summed E-state index contributed by atoms with van der Waals surface area (Å²) < 4.78 is 10.6. The fourth-order valence-electron chi connectivity index (χ4n) is 2.58. The van der Waals surface area contributed by atoms with E-state index in [-0.39, 0.29) is 22.8 Å². The fourth-order valence-corrected chi connectivity index (χ4v) is 4.13. The van der Waals surface area contributed by atoms with Crippen LogP contribution in [0.3, 0.4) is 0 Å². The first-order valence-electron chi connectivity index (χ1n) is 10.3. The van der Waals surface area contributed by atoms with Gasteiger partial charge in [-0.15, -0.1) is 23.5 Å². The maximum absolute atomic E-state index is 11.6. The predicted octanol–water partition coefficient (Wildman–Crippen LogP) is 6.75. The number of hydrogen-bond acceptors (Lipinski definition) is 6. The molecule has 2 atom stereocenters. The van der Waals surface area contributed by atoms with Gasteiger partial charge in [-0.3, -0.25) is 0 Å². The molecule has 6 heteroatoms. The molecule has 2 unspecified atom stereocenters. The van der Waals surface area contributed by atoms with Crippen LogP contribution in [-0.4, -0.2) is 22.8 Å². The molecule has 2 rings (SSSR count). The van der Waals surface area contributed by atoms with E-state index < -0.39 is 0 Å². The highest BCUT2D eigenvalue weighted by Gasteiger charge is 2.12. The van der Waals surface area contributed by atoms with Gasteiger partial charge in [-0.2, -0.15) is 0 Å². The third-order valence-corrected chi connectivity index (χ3v) is 6.58. The van der Waals surface area contributed by atoms with Crippen LogP contribution >= 0.6 is 23.5 Å². The molecule has 0 spiro atoms. The van der Waals surface area contributed by atoms with Gasteiger partial charge in [-0.25, -0.2) is 9.59 Å². The highest BCUT2D eigenvalue weighted by Crippen LogP contribution is 2.25. The molecule has 0 radical (unpaired) electrons. The molecule has 0 heterocycles. The number of benzene rings is 2. The summed E-state index contributed by atoms with van der Waals surface area (Å²) in [5.74, 6) is 0.804. The van der Waals surface area contributed by atoms with E-state index in [1.807, 2.05) is 13.8 Å². The van der Waals surface area contributed by atoms with Crippen LogP contribution in [0.4, 0.5) is 0 Å². The number of thioether (sulfide) groups is 2. The zero-order chi connectivity index (χ0) is 23.7. The van der Waals surface area contributed by atoms with Gasteiger partial charge in [0.05, 0.1) is 0 Å². The van der Waals surface area contributed by atoms with Crippen molar-refractivity contribution >= 4 is 35.5 Å². The van der Waals surface area contributed by atoms with Crippen molar-refractivity contribution in [1.82, 2.24) is 0 Å². The average molecular weight is 471 g/mol. The molecular weight excluding hydrogens is 440 g/mol. The first-order chi connectivity index (χ1) is 15.2. The van der Waals surface area contributed by atoms with Gasteiger partial charge in [0.25, 0.3) is 0 Å². The van der Waals surface area contributed by atoms with Crippen LogP contribution in [0.25, 0.3) is 11.1 Å². The second kappa shape index (κ2) is 12.6. The lowest BCUT2D eigenvalue weighted by molar-refractivity contribution is -0.140. The van der Waals surface area contributed by atoms with Gasteiger partial charge in [0, 0.05) is 22.7 Å². The normalized spacial score (nSPS) is 12.5. The number of esters is 2. The number of ether oxygens (including phenoxy) is 2. The van der Waals surface area contributed by atoms with Crippen molar-refractivity contribution < 1.29 is 19.1 Å². The van der Waals surface area contributed by atoms with Gasteiger partial charge in [-0.05, 0) is 49.9 Å². The van der Waals surface area contributed by atoms with Crippen molar-refractivity contribution in [3.8, 4) is 11.1 Å². The molecule has 0 aromatic heterocycles. The topological polar surface area (TPSA) is 52.6 Å². The number of carbonyl (C=O) groups excluding carboxylic acids is 2. The predicted molar refractivity (Wildman–Crippen MR) is 135 cm³/mol. The van der Waals surface area contributed by atoms with E-state index >= 15 is 0 Å². The molecule has 0 bridgehead atoms. The van der Waals surface area contributed by atoms with E-state index in [1.54, 1.807) is 37.4 Å². The lowest BCUT2D eigenvalue weighted by atomic mass is 10.0. The Labute approximate surface area is 199 Å². The molecule has 0 saturated carbocycles. The molecule has 0 fully saturated rings. The standard InChI is InChI=1S/C26H30O4S2/c1-17(2)25(27)29-19(5)31-15-21-7-11-23(12-8-21)24-13-9-22(10-14-24)16-32-20(6)30-26(28)18(3)4/h7-14,19-20H,1,3,15-16H2,2,4-6H3.